The molecule has 0 aromatic heterocycles. The Morgan fingerprint density at radius 3 is 2.68 bits per heavy atom. The summed E-state index contributed by atoms with van der Waals surface area (Å²) in [6, 6.07) is 3.96. The molecular formula is C13H17ClN2O3. The summed E-state index contributed by atoms with van der Waals surface area (Å²) in [7, 11) is 0. The lowest BCUT2D eigenvalue weighted by Gasteiger charge is -2.16. The summed E-state index contributed by atoms with van der Waals surface area (Å²) in [5.74, 6) is -1.26. The molecule has 0 saturated carbocycles. The molecule has 1 aromatic carbocycles. The van der Waals surface area contributed by atoms with Crippen LogP contribution < -0.4 is 10.6 Å². The lowest BCUT2D eigenvalue weighted by molar-refractivity contribution is -0.121. The van der Waals surface area contributed by atoms with Crippen LogP contribution >= 0.6 is 11.6 Å². The van der Waals surface area contributed by atoms with Crippen LogP contribution in [0.25, 0.3) is 0 Å². The molecule has 1 atom stereocenters. The van der Waals surface area contributed by atoms with Crippen molar-refractivity contribution < 1.29 is 14.7 Å². The average Bonchev–Trinajstić information content (AvgIpc) is 2.37. The molecule has 104 valence electrons. The molecule has 0 heterocycles. The van der Waals surface area contributed by atoms with E-state index in [9.17, 15) is 9.59 Å². The number of carboxylic acids is 1. The smallest absolute Gasteiger partial charge is 0.337 e. The lowest BCUT2D eigenvalue weighted by atomic mass is 10.1. The van der Waals surface area contributed by atoms with E-state index in [0.29, 0.717) is 17.3 Å². The van der Waals surface area contributed by atoms with E-state index in [4.69, 9.17) is 16.7 Å². The Hall–Kier alpha value is -1.75. The van der Waals surface area contributed by atoms with E-state index in [1.807, 2.05) is 6.92 Å². The van der Waals surface area contributed by atoms with Gasteiger partial charge in [-0.1, -0.05) is 18.5 Å². The maximum absolute atomic E-state index is 11.7. The van der Waals surface area contributed by atoms with Gasteiger partial charge in [0.05, 0.1) is 5.56 Å². The van der Waals surface area contributed by atoms with Crippen LogP contribution in [-0.2, 0) is 4.79 Å². The van der Waals surface area contributed by atoms with E-state index in [0.717, 1.165) is 6.42 Å². The zero-order valence-corrected chi connectivity index (χ0v) is 11.6. The van der Waals surface area contributed by atoms with Gasteiger partial charge in [0.2, 0.25) is 5.91 Å². The number of carbonyl (C=O) groups excluding carboxylic acids is 1. The molecule has 0 aliphatic carbocycles. The van der Waals surface area contributed by atoms with Crippen LogP contribution in [-0.4, -0.2) is 29.6 Å². The molecule has 0 spiro atoms. The van der Waals surface area contributed by atoms with E-state index in [2.05, 4.69) is 10.6 Å². The second kappa shape index (κ2) is 6.99. The van der Waals surface area contributed by atoms with Gasteiger partial charge in [0.25, 0.3) is 0 Å². The van der Waals surface area contributed by atoms with Crippen LogP contribution in [0.3, 0.4) is 0 Å². The highest BCUT2D eigenvalue weighted by atomic mass is 35.5. The Labute approximate surface area is 117 Å². The topological polar surface area (TPSA) is 78.4 Å². The number of carboxylic acid groups (broad SMARTS) is 1. The van der Waals surface area contributed by atoms with Gasteiger partial charge >= 0.3 is 5.97 Å². The van der Waals surface area contributed by atoms with Crippen molar-refractivity contribution in [3.05, 3.63) is 28.8 Å². The summed E-state index contributed by atoms with van der Waals surface area (Å²) < 4.78 is 0. The molecular weight excluding hydrogens is 268 g/mol. The van der Waals surface area contributed by atoms with Crippen LogP contribution in [0, 0.1) is 0 Å². The van der Waals surface area contributed by atoms with Gasteiger partial charge < -0.3 is 15.7 Å². The first kappa shape index (κ1) is 15.3. The molecule has 0 fully saturated rings. The summed E-state index contributed by atoms with van der Waals surface area (Å²) in [5, 5.41) is 15.0. The molecule has 6 heteroatoms. The molecule has 0 saturated heterocycles. The minimum atomic E-state index is -1.09. The van der Waals surface area contributed by atoms with Crippen LogP contribution in [0.2, 0.25) is 5.02 Å². The number of hydrogen-bond donors (Lipinski definition) is 3. The number of hydrogen-bond acceptors (Lipinski definition) is 3. The van der Waals surface area contributed by atoms with Crippen LogP contribution in [0.15, 0.2) is 18.2 Å². The molecule has 0 aliphatic rings. The van der Waals surface area contributed by atoms with E-state index in [1.54, 1.807) is 19.1 Å². The summed E-state index contributed by atoms with van der Waals surface area (Å²) in [4.78, 5) is 22.8. The van der Waals surface area contributed by atoms with Crippen molar-refractivity contribution >= 4 is 29.2 Å². The standard InChI is InChI=1S/C13H17ClN2O3/c1-3-6-15-12(17)8(2)16-11-5-4-9(14)7-10(11)13(18)19/h4-5,7-8,16H,3,6H2,1-2H3,(H,15,17)(H,18,19). The Morgan fingerprint density at radius 2 is 2.11 bits per heavy atom. The van der Waals surface area contributed by atoms with Crippen molar-refractivity contribution in [3.63, 3.8) is 0 Å². The van der Waals surface area contributed by atoms with Crippen molar-refractivity contribution in [1.82, 2.24) is 5.32 Å². The van der Waals surface area contributed by atoms with E-state index in [-0.39, 0.29) is 11.5 Å². The maximum atomic E-state index is 11.7. The average molecular weight is 285 g/mol. The van der Waals surface area contributed by atoms with Gasteiger partial charge in [-0.3, -0.25) is 4.79 Å². The number of carbonyl (C=O) groups is 2. The van der Waals surface area contributed by atoms with Crippen LogP contribution in [0.1, 0.15) is 30.6 Å². The number of nitrogens with one attached hydrogen (secondary N) is 2. The third-order valence-corrected chi connectivity index (χ3v) is 2.76. The molecule has 1 aromatic rings. The number of rotatable bonds is 6. The normalized spacial score (nSPS) is 11.7. The number of amides is 1. The van der Waals surface area contributed by atoms with E-state index >= 15 is 0 Å². The van der Waals surface area contributed by atoms with Crippen molar-refractivity contribution in [3.8, 4) is 0 Å². The molecule has 1 rings (SSSR count). The Kier molecular flexibility index (Phi) is 5.63. The quantitative estimate of drug-likeness (QED) is 0.749. The Morgan fingerprint density at radius 1 is 1.42 bits per heavy atom. The fraction of sp³-hybridized carbons (Fsp3) is 0.385. The second-order valence-corrected chi connectivity index (χ2v) is 4.59. The first-order valence-corrected chi connectivity index (χ1v) is 6.40. The van der Waals surface area contributed by atoms with Gasteiger partial charge in [0, 0.05) is 17.3 Å². The number of anilines is 1. The fourth-order valence-corrected chi connectivity index (χ4v) is 1.69. The molecule has 0 radical (unpaired) electrons. The minimum Gasteiger partial charge on any atom is -0.478 e. The number of aromatic carboxylic acids is 1. The monoisotopic (exact) mass is 284 g/mol. The second-order valence-electron chi connectivity index (χ2n) is 4.15. The first-order chi connectivity index (χ1) is 8.95. The first-order valence-electron chi connectivity index (χ1n) is 6.02. The molecule has 19 heavy (non-hydrogen) atoms. The zero-order valence-electron chi connectivity index (χ0n) is 10.9. The van der Waals surface area contributed by atoms with Gasteiger partial charge in [0.1, 0.15) is 6.04 Å². The molecule has 0 aliphatic heterocycles. The summed E-state index contributed by atoms with van der Waals surface area (Å²) >= 11 is 5.76. The van der Waals surface area contributed by atoms with Crippen molar-refractivity contribution in [2.24, 2.45) is 0 Å². The highest BCUT2D eigenvalue weighted by Gasteiger charge is 2.16. The van der Waals surface area contributed by atoms with Crippen molar-refractivity contribution in [2.45, 2.75) is 26.3 Å². The van der Waals surface area contributed by atoms with E-state index < -0.39 is 12.0 Å². The molecule has 3 N–H and O–H groups in total. The Balaban J connectivity index is 2.81. The third kappa shape index (κ3) is 4.44. The number of halogens is 1. The SMILES string of the molecule is CCCNC(=O)C(C)Nc1ccc(Cl)cc1C(=O)O. The fourth-order valence-electron chi connectivity index (χ4n) is 1.52. The van der Waals surface area contributed by atoms with Gasteiger partial charge in [0.15, 0.2) is 0 Å². The molecule has 1 amide bonds. The lowest BCUT2D eigenvalue weighted by Crippen LogP contribution is -2.38. The molecule has 0 bridgehead atoms. The number of benzene rings is 1. The predicted molar refractivity (Wildman–Crippen MR) is 74.8 cm³/mol. The highest BCUT2D eigenvalue weighted by molar-refractivity contribution is 6.31. The largest absolute Gasteiger partial charge is 0.478 e. The molecule has 5 nitrogen and oxygen atoms in total. The van der Waals surface area contributed by atoms with Crippen LogP contribution in [0.4, 0.5) is 5.69 Å². The van der Waals surface area contributed by atoms with Gasteiger partial charge in [-0.15, -0.1) is 0 Å². The maximum Gasteiger partial charge on any atom is 0.337 e. The summed E-state index contributed by atoms with van der Waals surface area (Å²) in [6.45, 7) is 4.22. The molecule has 1 unspecified atom stereocenters. The highest BCUT2D eigenvalue weighted by Crippen LogP contribution is 2.21. The zero-order chi connectivity index (χ0) is 14.4. The van der Waals surface area contributed by atoms with E-state index in [1.165, 1.54) is 6.07 Å². The minimum absolute atomic E-state index is 0.0441. The van der Waals surface area contributed by atoms with Crippen LogP contribution in [0.5, 0.6) is 0 Å². The van der Waals surface area contributed by atoms with Crippen molar-refractivity contribution in [1.29, 1.82) is 0 Å². The summed E-state index contributed by atoms with van der Waals surface area (Å²) in [5.41, 5.74) is 0.415. The van der Waals surface area contributed by atoms with Gasteiger partial charge in [-0.2, -0.15) is 0 Å². The Bertz CT molecular complexity index is 477. The van der Waals surface area contributed by atoms with Gasteiger partial charge in [-0.05, 0) is 31.5 Å². The predicted octanol–water partition coefficient (Wildman–Crippen LogP) is 2.36. The summed E-state index contributed by atoms with van der Waals surface area (Å²) in [6.07, 6.45) is 0.847. The van der Waals surface area contributed by atoms with Gasteiger partial charge in [-0.25, -0.2) is 4.79 Å². The van der Waals surface area contributed by atoms with Crippen molar-refractivity contribution in [2.75, 3.05) is 11.9 Å². The third-order valence-electron chi connectivity index (χ3n) is 2.53.